The summed E-state index contributed by atoms with van der Waals surface area (Å²) in [6.45, 7) is 8.39. The van der Waals surface area contributed by atoms with Gasteiger partial charge in [-0.25, -0.2) is 17.5 Å². The minimum absolute atomic E-state index is 0.0393. The largest absolute Gasteiger partial charge is 0.490 e. The van der Waals surface area contributed by atoms with Crippen LogP contribution in [0.5, 0.6) is 5.75 Å². The van der Waals surface area contributed by atoms with Gasteiger partial charge in [0.25, 0.3) is 5.91 Å². The van der Waals surface area contributed by atoms with E-state index in [1.165, 1.54) is 11.1 Å². The van der Waals surface area contributed by atoms with Crippen LogP contribution in [0.25, 0.3) is 0 Å². The molecule has 0 unspecified atom stereocenters. The van der Waals surface area contributed by atoms with Gasteiger partial charge in [-0.3, -0.25) is 4.79 Å². The van der Waals surface area contributed by atoms with Crippen molar-refractivity contribution in [2.75, 3.05) is 24.6 Å². The molecule has 1 amide bonds. The molecule has 6 atom stereocenters. The third-order valence-corrected chi connectivity index (χ3v) is 12.9. The van der Waals surface area contributed by atoms with Crippen LogP contribution in [0.4, 0.5) is 10.1 Å². The van der Waals surface area contributed by atoms with Crippen molar-refractivity contribution in [2.24, 2.45) is 17.8 Å². The SMILES string of the molecule is C=C(F)C[C@]1(O)/C=C\C[C@H](C)[C@@H](C)S(=O)(=O)NC(=O)c2ccc3c(c2)N(C[C@@H]2CC[C@H]21)C[C@@]1(CCCc2cc(Cl)ccc21)CO3. The molecule has 10 heteroatoms. The molecular weight excluding hydrogens is 615 g/mol. The molecule has 2 N–H and O–H groups in total. The Morgan fingerprint density at radius 3 is 2.76 bits per heavy atom. The van der Waals surface area contributed by atoms with Gasteiger partial charge in [0.2, 0.25) is 10.0 Å². The summed E-state index contributed by atoms with van der Waals surface area (Å²) in [6, 6.07) is 11.1. The summed E-state index contributed by atoms with van der Waals surface area (Å²) < 4.78 is 49.7. The van der Waals surface area contributed by atoms with Gasteiger partial charge in [0.15, 0.2) is 0 Å². The van der Waals surface area contributed by atoms with Crippen molar-refractivity contribution >= 4 is 33.2 Å². The number of carbonyl (C=O) groups excluding carboxylic acids is 1. The fourth-order valence-electron chi connectivity index (χ4n) is 7.87. The minimum Gasteiger partial charge on any atom is -0.490 e. The molecule has 1 fully saturated rings. The van der Waals surface area contributed by atoms with Gasteiger partial charge in [-0.05, 0) is 105 Å². The number of anilines is 1. The first-order chi connectivity index (χ1) is 21.3. The molecule has 0 radical (unpaired) electrons. The highest BCUT2D eigenvalue weighted by atomic mass is 35.5. The lowest BCUT2D eigenvalue weighted by atomic mass is 9.63. The number of nitrogens with zero attached hydrogens (tertiary/aromatic N) is 1. The molecule has 1 saturated carbocycles. The molecule has 7 nitrogen and oxygen atoms in total. The van der Waals surface area contributed by atoms with E-state index < -0.39 is 32.6 Å². The molecule has 1 spiro atoms. The Bertz CT molecular complexity index is 1650. The second-order valence-corrected chi connectivity index (χ2v) is 16.2. The highest BCUT2D eigenvalue weighted by Gasteiger charge is 2.48. The molecule has 4 aliphatic rings. The van der Waals surface area contributed by atoms with Gasteiger partial charge >= 0.3 is 0 Å². The number of aryl methyl sites for hydroxylation is 1. The van der Waals surface area contributed by atoms with E-state index in [0.717, 1.165) is 32.1 Å². The van der Waals surface area contributed by atoms with Crippen molar-refractivity contribution in [3.8, 4) is 5.75 Å². The maximum Gasteiger partial charge on any atom is 0.264 e. The van der Waals surface area contributed by atoms with E-state index in [1.54, 1.807) is 44.2 Å². The number of fused-ring (bicyclic) bond motifs is 4. The molecule has 2 aromatic rings. The number of carbonyl (C=O) groups is 1. The Balaban J connectivity index is 1.46. The van der Waals surface area contributed by atoms with Gasteiger partial charge < -0.3 is 14.7 Å². The quantitative estimate of drug-likeness (QED) is 0.359. The normalized spacial score (nSPS) is 33.4. The summed E-state index contributed by atoms with van der Waals surface area (Å²) in [7, 11) is -4.02. The molecule has 2 aliphatic carbocycles. The molecule has 2 bridgehead atoms. The number of halogens is 2. The predicted molar refractivity (Wildman–Crippen MR) is 175 cm³/mol. The third-order valence-electron chi connectivity index (χ3n) is 10.7. The fourth-order valence-corrected chi connectivity index (χ4v) is 9.35. The summed E-state index contributed by atoms with van der Waals surface area (Å²) in [5, 5.41) is 11.7. The molecule has 2 aliphatic heterocycles. The second-order valence-electron chi connectivity index (χ2n) is 13.7. The highest BCUT2D eigenvalue weighted by molar-refractivity contribution is 7.90. The monoisotopic (exact) mass is 656 g/mol. The first-order valence-electron chi connectivity index (χ1n) is 15.9. The van der Waals surface area contributed by atoms with Gasteiger partial charge in [-0.2, -0.15) is 0 Å². The first-order valence-corrected chi connectivity index (χ1v) is 17.8. The molecule has 2 aromatic carbocycles. The maximum absolute atomic E-state index is 14.4. The zero-order valence-electron chi connectivity index (χ0n) is 25.9. The van der Waals surface area contributed by atoms with Crippen molar-refractivity contribution < 1.29 is 27.4 Å². The Labute approximate surface area is 270 Å². The number of hydrogen-bond acceptors (Lipinski definition) is 6. The average molecular weight is 657 g/mol. The molecule has 0 aromatic heterocycles. The van der Waals surface area contributed by atoms with E-state index in [-0.39, 0.29) is 35.2 Å². The van der Waals surface area contributed by atoms with Crippen LogP contribution in [-0.4, -0.2) is 50.0 Å². The maximum atomic E-state index is 14.4. The number of sulfonamides is 1. The van der Waals surface area contributed by atoms with Crippen LogP contribution in [0.3, 0.4) is 0 Å². The number of allylic oxidation sites excluding steroid dienone is 1. The Morgan fingerprint density at radius 1 is 1.22 bits per heavy atom. The minimum atomic E-state index is -4.02. The van der Waals surface area contributed by atoms with Gasteiger partial charge in [-0.1, -0.05) is 43.3 Å². The molecule has 0 saturated heterocycles. The van der Waals surface area contributed by atoms with E-state index in [9.17, 15) is 22.7 Å². The Morgan fingerprint density at radius 2 is 2.02 bits per heavy atom. The average Bonchev–Trinajstić information content (AvgIpc) is 3.10. The Kier molecular flexibility index (Phi) is 8.59. The predicted octanol–water partition coefficient (Wildman–Crippen LogP) is 6.49. The smallest absolute Gasteiger partial charge is 0.264 e. The lowest BCUT2D eigenvalue weighted by molar-refractivity contribution is -0.0473. The van der Waals surface area contributed by atoms with Crippen molar-refractivity contribution in [2.45, 2.75) is 75.1 Å². The van der Waals surface area contributed by atoms with E-state index in [2.05, 4.69) is 22.3 Å². The molecule has 2 heterocycles. The lowest BCUT2D eigenvalue weighted by Gasteiger charge is -2.49. The van der Waals surface area contributed by atoms with Crippen molar-refractivity contribution in [1.29, 1.82) is 0 Å². The molecule has 6 rings (SSSR count). The molecule has 45 heavy (non-hydrogen) atoms. The van der Waals surface area contributed by atoms with Crippen LogP contribution < -0.4 is 14.4 Å². The topological polar surface area (TPSA) is 95.9 Å². The van der Waals surface area contributed by atoms with E-state index in [0.29, 0.717) is 42.6 Å². The number of ether oxygens (including phenoxy) is 1. The van der Waals surface area contributed by atoms with Gasteiger partial charge in [-0.15, -0.1) is 0 Å². The summed E-state index contributed by atoms with van der Waals surface area (Å²) in [5.41, 5.74) is 1.52. The molecule has 242 valence electrons. The van der Waals surface area contributed by atoms with Crippen molar-refractivity contribution in [3.05, 3.63) is 82.7 Å². The van der Waals surface area contributed by atoms with Crippen LogP contribution in [0.1, 0.15) is 73.9 Å². The number of aliphatic hydroxyl groups is 1. The van der Waals surface area contributed by atoms with Gasteiger partial charge in [0.05, 0.1) is 29.0 Å². The standard InChI is InChI=1S/C35H42ClFN2O5S/c1-22-6-4-15-35(41,18-23(2)37)30-11-8-27(30)19-39-20-34(14-5-7-25-16-28(36)10-12-29(25)34)21-44-32-13-9-26(17-31(32)39)33(40)38-45(42,43)24(22)3/h4,9-10,12-13,15-17,22,24,27,30,41H,2,5-8,11,14,18-21H2,1,3H3,(H,38,40)/b15-4-/t22-,24+,27-,30+,34-,35+/m0/s1. The third kappa shape index (κ3) is 6.15. The number of amides is 1. The summed E-state index contributed by atoms with van der Waals surface area (Å²) >= 11 is 6.39. The van der Waals surface area contributed by atoms with E-state index in [1.807, 2.05) is 12.1 Å². The van der Waals surface area contributed by atoms with Crippen molar-refractivity contribution in [1.82, 2.24) is 4.72 Å². The number of hydrogen-bond donors (Lipinski definition) is 2. The summed E-state index contributed by atoms with van der Waals surface area (Å²) in [4.78, 5) is 15.6. The van der Waals surface area contributed by atoms with E-state index >= 15 is 0 Å². The lowest BCUT2D eigenvalue weighted by Crippen LogP contribution is -2.52. The number of benzene rings is 2. The summed E-state index contributed by atoms with van der Waals surface area (Å²) in [5.74, 6) is -1.22. The Hall–Kier alpha value is -2.88. The zero-order valence-corrected chi connectivity index (χ0v) is 27.5. The first kappa shape index (κ1) is 32.1. The summed E-state index contributed by atoms with van der Waals surface area (Å²) in [6.07, 6.45) is 7.90. The fraction of sp³-hybridized carbons (Fsp3) is 0.514. The van der Waals surface area contributed by atoms with Crippen molar-refractivity contribution in [3.63, 3.8) is 0 Å². The van der Waals surface area contributed by atoms with Crippen LogP contribution in [0, 0.1) is 17.8 Å². The van der Waals surface area contributed by atoms with Crippen LogP contribution in [-0.2, 0) is 21.9 Å². The molecular formula is C35H42ClFN2O5S. The number of rotatable bonds is 2. The van der Waals surface area contributed by atoms with E-state index in [4.69, 9.17) is 16.3 Å². The van der Waals surface area contributed by atoms with Crippen LogP contribution >= 0.6 is 11.6 Å². The zero-order chi connectivity index (χ0) is 32.1. The van der Waals surface area contributed by atoms with Gasteiger partial charge in [0.1, 0.15) is 5.75 Å². The number of nitrogens with one attached hydrogen (secondary N) is 1. The highest BCUT2D eigenvalue weighted by Crippen LogP contribution is 2.49. The second kappa shape index (κ2) is 12.0. The van der Waals surface area contributed by atoms with Gasteiger partial charge in [0, 0.05) is 35.5 Å². The van der Waals surface area contributed by atoms with Crippen LogP contribution in [0.15, 0.2) is 61.0 Å². The van der Waals surface area contributed by atoms with Crippen LogP contribution in [0.2, 0.25) is 5.02 Å².